The first-order valence-corrected chi connectivity index (χ1v) is 10.1. The number of nitrogen functional groups attached to an aromatic ring is 1. The van der Waals surface area contributed by atoms with Crippen LogP contribution in [-0.4, -0.2) is 30.3 Å². The smallest absolute Gasteiger partial charge is 0.264 e. The molecule has 2 unspecified atom stereocenters. The predicted molar refractivity (Wildman–Crippen MR) is 105 cm³/mol. The van der Waals surface area contributed by atoms with Crippen LogP contribution in [0.25, 0.3) is 5.57 Å². The topological polar surface area (TPSA) is 121 Å². The first-order valence-electron chi connectivity index (χ1n) is 8.70. The summed E-state index contributed by atoms with van der Waals surface area (Å²) in [6.07, 6.45) is 2.27. The lowest BCUT2D eigenvalue weighted by molar-refractivity contribution is -0.136. The van der Waals surface area contributed by atoms with Crippen LogP contribution in [0.15, 0.2) is 77.3 Å². The Bertz CT molecular complexity index is 1220. The Morgan fingerprint density at radius 1 is 1.00 bits per heavy atom. The van der Waals surface area contributed by atoms with Gasteiger partial charge in [0, 0.05) is 18.0 Å². The van der Waals surface area contributed by atoms with E-state index in [-0.39, 0.29) is 10.5 Å². The molecular weight excluding hydrogens is 390 g/mol. The average Bonchev–Trinajstić information content (AvgIpc) is 3.13. The van der Waals surface area contributed by atoms with Gasteiger partial charge in [-0.05, 0) is 35.4 Å². The third kappa shape index (κ3) is 2.92. The van der Waals surface area contributed by atoms with Crippen molar-refractivity contribution in [1.29, 1.82) is 5.26 Å². The van der Waals surface area contributed by atoms with Crippen molar-refractivity contribution in [3.05, 3.63) is 78.0 Å². The number of benzene rings is 2. The monoisotopic (exact) mass is 405 g/mol. The van der Waals surface area contributed by atoms with Gasteiger partial charge in [-0.2, -0.15) is 5.26 Å². The molecule has 0 fully saturated rings. The number of Topliss-reactive ketones (excluding diaryl/α,β-unsaturated/α-hetero) is 1. The van der Waals surface area contributed by atoms with Crippen LogP contribution >= 0.6 is 0 Å². The van der Waals surface area contributed by atoms with Gasteiger partial charge in [-0.15, -0.1) is 0 Å². The summed E-state index contributed by atoms with van der Waals surface area (Å²) in [4.78, 5) is 24.9. The fourth-order valence-corrected chi connectivity index (χ4v) is 5.14. The first-order chi connectivity index (χ1) is 13.8. The molecule has 7 nitrogen and oxygen atoms in total. The van der Waals surface area contributed by atoms with E-state index < -0.39 is 33.5 Å². The SMILES string of the molecule is N#CC1=CC(=O)C(=O)C2C(c3ccccc3)=CN(S(=O)(=O)c3ccc(N)cc3)C12. The normalized spacial score (nSPS) is 21.3. The minimum absolute atomic E-state index is 0.0300. The molecule has 0 saturated heterocycles. The number of nitriles is 1. The van der Waals surface area contributed by atoms with Gasteiger partial charge in [-0.1, -0.05) is 30.3 Å². The minimum Gasteiger partial charge on any atom is -0.399 e. The van der Waals surface area contributed by atoms with Crippen molar-refractivity contribution in [2.75, 3.05) is 5.73 Å². The molecule has 2 N–H and O–H groups in total. The van der Waals surface area contributed by atoms with Crippen LogP contribution in [-0.2, 0) is 19.6 Å². The number of anilines is 1. The lowest BCUT2D eigenvalue weighted by atomic mass is 9.78. The molecule has 0 amide bonds. The van der Waals surface area contributed by atoms with Gasteiger partial charge in [0.15, 0.2) is 0 Å². The summed E-state index contributed by atoms with van der Waals surface area (Å²) in [6.45, 7) is 0. The van der Waals surface area contributed by atoms with Crippen molar-refractivity contribution in [3.8, 4) is 6.07 Å². The molecule has 4 rings (SSSR count). The Morgan fingerprint density at radius 2 is 1.66 bits per heavy atom. The van der Waals surface area contributed by atoms with E-state index in [0.717, 1.165) is 10.4 Å². The van der Waals surface area contributed by atoms with Gasteiger partial charge in [0.2, 0.25) is 11.6 Å². The van der Waals surface area contributed by atoms with Gasteiger partial charge in [0.05, 0.1) is 28.5 Å². The Balaban J connectivity index is 1.92. The lowest BCUT2D eigenvalue weighted by Crippen LogP contribution is -2.45. The largest absolute Gasteiger partial charge is 0.399 e. The molecule has 1 aliphatic heterocycles. The highest BCUT2D eigenvalue weighted by molar-refractivity contribution is 7.89. The van der Waals surface area contributed by atoms with Crippen molar-refractivity contribution in [1.82, 2.24) is 4.31 Å². The van der Waals surface area contributed by atoms with Crippen LogP contribution in [0.3, 0.4) is 0 Å². The molecule has 0 aromatic heterocycles. The third-order valence-electron chi connectivity index (χ3n) is 5.01. The average molecular weight is 405 g/mol. The van der Waals surface area contributed by atoms with Gasteiger partial charge >= 0.3 is 0 Å². The number of hydrogen-bond donors (Lipinski definition) is 1. The molecule has 1 aliphatic carbocycles. The van der Waals surface area contributed by atoms with Crippen molar-refractivity contribution >= 4 is 32.9 Å². The summed E-state index contributed by atoms with van der Waals surface area (Å²) in [5, 5.41) is 9.55. The fourth-order valence-electron chi connectivity index (χ4n) is 3.63. The molecule has 2 aromatic rings. The molecular formula is C21H15N3O4S. The standard InChI is InChI=1S/C21H15N3O4S/c22-11-14-10-18(25)21(26)19-17(13-4-2-1-3-5-13)12-24(20(14)19)29(27,28)16-8-6-15(23)7-9-16/h1-10,12,19-20H,23H2. The number of carbonyl (C=O) groups excluding carboxylic acids is 2. The van der Waals surface area contributed by atoms with E-state index in [4.69, 9.17) is 5.73 Å². The molecule has 0 saturated carbocycles. The van der Waals surface area contributed by atoms with Gasteiger partial charge in [-0.25, -0.2) is 8.42 Å². The Hall–Kier alpha value is -3.70. The number of nitrogens with two attached hydrogens (primary N) is 1. The molecule has 144 valence electrons. The minimum atomic E-state index is -4.10. The van der Waals surface area contributed by atoms with Crippen LogP contribution in [0.4, 0.5) is 5.69 Å². The number of sulfonamides is 1. The van der Waals surface area contributed by atoms with Crippen molar-refractivity contribution in [2.24, 2.45) is 5.92 Å². The second-order valence-corrected chi connectivity index (χ2v) is 8.56. The zero-order valence-corrected chi connectivity index (χ0v) is 15.8. The maximum atomic E-state index is 13.3. The summed E-state index contributed by atoms with van der Waals surface area (Å²) in [5.74, 6) is -2.62. The highest BCUT2D eigenvalue weighted by Crippen LogP contribution is 2.43. The third-order valence-corrected chi connectivity index (χ3v) is 6.77. The lowest BCUT2D eigenvalue weighted by Gasteiger charge is -2.30. The Morgan fingerprint density at radius 3 is 2.28 bits per heavy atom. The first kappa shape index (κ1) is 18.7. The number of allylic oxidation sites excluding steroid dienone is 1. The number of hydrogen-bond acceptors (Lipinski definition) is 6. The van der Waals surface area contributed by atoms with E-state index in [9.17, 15) is 23.3 Å². The molecule has 29 heavy (non-hydrogen) atoms. The molecule has 0 spiro atoms. The molecule has 1 heterocycles. The molecule has 2 aliphatic rings. The van der Waals surface area contributed by atoms with Crippen LogP contribution in [0.5, 0.6) is 0 Å². The van der Waals surface area contributed by atoms with E-state index in [1.165, 1.54) is 30.5 Å². The summed E-state index contributed by atoms with van der Waals surface area (Å²) >= 11 is 0. The van der Waals surface area contributed by atoms with Gasteiger partial charge in [0.25, 0.3) is 10.0 Å². The molecule has 0 radical (unpaired) electrons. The highest BCUT2D eigenvalue weighted by atomic mass is 32.2. The second-order valence-electron chi connectivity index (χ2n) is 6.72. The van der Waals surface area contributed by atoms with Crippen molar-refractivity contribution in [2.45, 2.75) is 10.9 Å². The van der Waals surface area contributed by atoms with Crippen molar-refractivity contribution in [3.63, 3.8) is 0 Å². The molecule has 0 bridgehead atoms. The van der Waals surface area contributed by atoms with Crippen LogP contribution in [0, 0.1) is 17.2 Å². The van der Waals surface area contributed by atoms with Gasteiger partial charge in [-0.3, -0.25) is 13.9 Å². The van der Waals surface area contributed by atoms with Crippen LogP contribution in [0.2, 0.25) is 0 Å². The summed E-state index contributed by atoms with van der Waals surface area (Å²) in [7, 11) is -4.10. The summed E-state index contributed by atoms with van der Waals surface area (Å²) in [5.41, 5.74) is 6.98. The Labute approximate surface area is 167 Å². The predicted octanol–water partition coefficient (Wildman–Crippen LogP) is 1.90. The quantitative estimate of drug-likeness (QED) is 0.615. The van der Waals surface area contributed by atoms with E-state index in [1.54, 1.807) is 30.3 Å². The van der Waals surface area contributed by atoms with E-state index in [1.807, 2.05) is 6.07 Å². The van der Waals surface area contributed by atoms with Crippen molar-refractivity contribution < 1.29 is 18.0 Å². The maximum Gasteiger partial charge on any atom is 0.264 e. The zero-order valence-electron chi connectivity index (χ0n) is 15.0. The van der Waals surface area contributed by atoms with Gasteiger partial charge < -0.3 is 5.73 Å². The summed E-state index contributed by atoms with van der Waals surface area (Å²) in [6, 6.07) is 15.2. The number of fused-ring (bicyclic) bond motifs is 1. The van der Waals surface area contributed by atoms with E-state index >= 15 is 0 Å². The molecule has 2 atom stereocenters. The highest BCUT2D eigenvalue weighted by Gasteiger charge is 2.51. The number of rotatable bonds is 3. The second kappa shape index (κ2) is 6.72. The zero-order chi connectivity index (χ0) is 20.8. The number of carbonyl (C=O) groups is 2. The molecule has 8 heteroatoms. The Kier molecular flexibility index (Phi) is 4.32. The van der Waals surface area contributed by atoms with Crippen LogP contribution < -0.4 is 5.73 Å². The fraction of sp³-hybridized carbons (Fsp3) is 0.0952. The van der Waals surface area contributed by atoms with Gasteiger partial charge in [0.1, 0.15) is 0 Å². The number of nitrogens with zero attached hydrogens (tertiary/aromatic N) is 2. The molecule has 2 aromatic carbocycles. The summed E-state index contributed by atoms with van der Waals surface area (Å²) < 4.78 is 27.7. The maximum absolute atomic E-state index is 13.3. The van der Waals surface area contributed by atoms with E-state index in [0.29, 0.717) is 16.8 Å². The van der Waals surface area contributed by atoms with Crippen LogP contribution in [0.1, 0.15) is 5.56 Å². The van der Waals surface area contributed by atoms with E-state index in [2.05, 4.69) is 0 Å². The number of ketones is 2.